The molecular formula is C12H17BrN2O. The van der Waals surface area contributed by atoms with Crippen LogP contribution >= 0.6 is 15.9 Å². The zero-order valence-electron chi connectivity index (χ0n) is 9.42. The third-order valence-electron chi connectivity index (χ3n) is 3.04. The van der Waals surface area contributed by atoms with Gasteiger partial charge in [0.15, 0.2) is 0 Å². The van der Waals surface area contributed by atoms with Gasteiger partial charge in [-0.05, 0) is 34.8 Å². The summed E-state index contributed by atoms with van der Waals surface area (Å²) >= 11 is 3.47. The maximum absolute atomic E-state index is 5.98. The molecule has 4 heteroatoms. The fourth-order valence-electron chi connectivity index (χ4n) is 2.14. The summed E-state index contributed by atoms with van der Waals surface area (Å²) in [7, 11) is 1.64. The first-order chi connectivity index (χ1) is 7.70. The molecule has 0 saturated heterocycles. The molecule has 1 aromatic carbocycles. The molecule has 0 heterocycles. The van der Waals surface area contributed by atoms with Gasteiger partial charge in [0, 0.05) is 12.1 Å². The maximum atomic E-state index is 5.98. The van der Waals surface area contributed by atoms with E-state index in [4.69, 9.17) is 10.5 Å². The Bertz CT molecular complexity index is 376. The van der Waals surface area contributed by atoms with Crippen molar-refractivity contribution in [3.8, 4) is 5.75 Å². The lowest BCUT2D eigenvalue weighted by Gasteiger charge is -2.16. The van der Waals surface area contributed by atoms with Crippen molar-refractivity contribution < 1.29 is 4.74 Å². The molecule has 1 aromatic rings. The molecule has 1 saturated carbocycles. The molecule has 0 amide bonds. The minimum absolute atomic E-state index is 0.572. The predicted molar refractivity (Wildman–Crippen MR) is 71.0 cm³/mol. The fourth-order valence-corrected chi connectivity index (χ4v) is 2.65. The van der Waals surface area contributed by atoms with Crippen LogP contribution in [0.2, 0.25) is 0 Å². The lowest BCUT2D eigenvalue weighted by molar-refractivity contribution is 0.412. The van der Waals surface area contributed by atoms with Crippen LogP contribution in [-0.2, 0) is 0 Å². The number of hydrogen-bond acceptors (Lipinski definition) is 3. The van der Waals surface area contributed by atoms with Gasteiger partial charge >= 0.3 is 0 Å². The van der Waals surface area contributed by atoms with Gasteiger partial charge < -0.3 is 15.8 Å². The number of nitrogens with one attached hydrogen (secondary N) is 1. The molecule has 0 atom stereocenters. The van der Waals surface area contributed by atoms with Gasteiger partial charge in [-0.1, -0.05) is 12.8 Å². The summed E-state index contributed by atoms with van der Waals surface area (Å²) in [4.78, 5) is 0. The van der Waals surface area contributed by atoms with Crippen molar-refractivity contribution in [1.82, 2.24) is 0 Å². The molecule has 3 nitrogen and oxygen atoms in total. The van der Waals surface area contributed by atoms with Gasteiger partial charge in [-0.3, -0.25) is 0 Å². The van der Waals surface area contributed by atoms with Crippen molar-refractivity contribution in [2.24, 2.45) is 0 Å². The molecule has 0 bridgehead atoms. The average Bonchev–Trinajstić information content (AvgIpc) is 2.75. The molecule has 1 aliphatic carbocycles. The number of benzene rings is 1. The van der Waals surface area contributed by atoms with Crippen LogP contribution in [0, 0.1) is 0 Å². The second-order valence-electron chi connectivity index (χ2n) is 4.20. The van der Waals surface area contributed by atoms with Crippen LogP contribution in [0.5, 0.6) is 5.75 Å². The molecule has 16 heavy (non-hydrogen) atoms. The number of nitrogen functional groups attached to an aromatic ring is 1. The minimum atomic E-state index is 0.572. The van der Waals surface area contributed by atoms with E-state index in [0.717, 1.165) is 21.6 Å². The maximum Gasteiger partial charge on any atom is 0.135 e. The Morgan fingerprint density at radius 2 is 2.06 bits per heavy atom. The van der Waals surface area contributed by atoms with Crippen molar-refractivity contribution in [2.75, 3.05) is 18.2 Å². The smallest absolute Gasteiger partial charge is 0.135 e. The second kappa shape index (κ2) is 4.95. The molecule has 2 rings (SSSR count). The van der Waals surface area contributed by atoms with Crippen LogP contribution in [-0.4, -0.2) is 13.2 Å². The number of anilines is 2. The first-order valence-corrected chi connectivity index (χ1v) is 6.39. The van der Waals surface area contributed by atoms with E-state index in [1.165, 1.54) is 25.7 Å². The Morgan fingerprint density at radius 1 is 1.38 bits per heavy atom. The molecule has 3 N–H and O–H groups in total. The summed E-state index contributed by atoms with van der Waals surface area (Å²) in [5, 5.41) is 3.49. The van der Waals surface area contributed by atoms with Crippen LogP contribution < -0.4 is 15.8 Å². The van der Waals surface area contributed by atoms with E-state index in [1.54, 1.807) is 7.11 Å². The van der Waals surface area contributed by atoms with Gasteiger partial charge in [0.05, 0.1) is 23.0 Å². The van der Waals surface area contributed by atoms with Crippen LogP contribution in [0.3, 0.4) is 0 Å². The minimum Gasteiger partial charge on any atom is -0.495 e. The van der Waals surface area contributed by atoms with Gasteiger partial charge in [-0.25, -0.2) is 0 Å². The summed E-state index contributed by atoms with van der Waals surface area (Å²) < 4.78 is 6.13. The Hall–Kier alpha value is -0.900. The van der Waals surface area contributed by atoms with E-state index in [9.17, 15) is 0 Å². The molecule has 1 aliphatic rings. The summed E-state index contributed by atoms with van der Waals surface area (Å²) in [6.07, 6.45) is 5.11. The first-order valence-electron chi connectivity index (χ1n) is 5.60. The van der Waals surface area contributed by atoms with Gasteiger partial charge in [-0.2, -0.15) is 0 Å². The zero-order valence-corrected chi connectivity index (χ0v) is 11.0. The van der Waals surface area contributed by atoms with Crippen molar-refractivity contribution in [3.63, 3.8) is 0 Å². The van der Waals surface area contributed by atoms with E-state index < -0.39 is 0 Å². The number of nitrogens with two attached hydrogens (primary N) is 1. The van der Waals surface area contributed by atoms with E-state index in [1.807, 2.05) is 12.1 Å². The average molecular weight is 285 g/mol. The van der Waals surface area contributed by atoms with Crippen LogP contribution in [0.4, 0.5) is 11.4 Å². The summed E-state index contributed by atoms with van der Waals surface area (Å²) in [6.45, 7) is 0. The summed E-state index contributed by atoms with van der Waals surface area (Å²) in [6, 6.07) is 4.41. The monoisotopic (exact) mass is 284 g/mol. The van der Waals surface area contributed by atoms with Crippen molar-refractivity contribution in [2.45, 2.75) is 31.7 Å². The SMILES string of the molecule is COc1cc(N)c(NC2CCCC2)cc1Br. The van der Waals surface area contributed by atoms with Gasteiger partial charge in [0.2, 0.25) is 0 Å². The third-order valence-corrected chi connectivity index (χ3v) is 3.66. The topological polar surface area (TPSA) is 47.3 Å². The number of methoxy groups -OCH3 is 1. The predicted octanol–water partition coefficient (Wildman–Crippen LogP) is 3.39. The molecular weight excluding hydrogens is 268 g/mol. The van der Waals surface area contributed by atoms with Gasteiger partial charge in [0.25, 0.3) is 0 Å². The largest absolute Gasteiger partial charge is 0.495 e. The van der Waals surface area contributed by atoms with Gasteiger partial charge in [0.1, 0.15) is 5.75 Å². The highest BCUT2D eigenvalue weighted by Crippen LogP contribution is 2.34. The van der Waals surface area contributed by atoms with Crippen molar-refractivity contribution >= 4 is 27.3 Å². The zero-order chi connectivity index (χ0) is 11.5. The molecule has 0 unspecified atom stereocenters. The summed E-state index contributed by atoms with van der Waals surface area (Å²) in [5.41, 5.74) is 7.72. The number of halogens is 1. The molecule has 0 spiro atoms. The van der Waals surface area contributed by atoms with Crippen molar-refractivity contribution in [3.05, 3.63) is 16.6 Å². The third kappa shape index (κ3) is 2.43. The Balaban J connectivity index is 2.17. The van der Waals surface area contributed by atoms with E-state index >= 15 is 0 Å². The van der Waals surface area contributed by atoms with Crippen LogP contribution in [0.1, 0.15) is 25.7 Å². The molecule has 88 valence electrons. The van der Waals surface area contributed by atoms with Crippen LogP contribution in [0.15, 0.2) is 16.6 Å². The Morgan fingerprint density at radius 3 is 2.69 bits per heavy atom. The van der Waals surface area contributed by atoms with Crippen molar-refractivity contribution in [1.29, 1.82) is 0 Å². The van der Waals surface area contributed by atoms with Crippen LogP contribution in [0.25, 0.3) is 0 Å². The first kappa shape index (κ1) is 11.6. The lowest BCUT2D eigenvalue weighted by Crippen LogP contribution is -2.15. The van der Waals surface area contributed by atoms with E-state index in [-0.39, 0.29) is 0 Å². The highest BCUT2D eigenvalue weighted by Gasteiger charge is 2.16. The standard InChI is InChI=1S/C12H17BrN2O/c1-16-12-7-10(14)11(6-9(12)13)15-8-4-2-3-5-8/h6-8,15H,2-5,14H2,1H3. The highest BCUT2D eigenvalue weighted by atomic mass is 79.9. The molecule has 0 radical (unpaired) electrons. The van der Waals surface area contributed by atoms with E-state index in [0.29, 0.717) is 6.04 Å². The molecule has 0 aliphatic heterocycles. The lowest BCUT2D eigenvalue weighted by atomic mass is 10.2. The number of hydrogen-bond donors (Lipinski definition) is 2. The number of ether oxygens (including phenoxy) is 1. The number of rotatable bonds is 3. The molecule has 0 aromatic heterocycles. The molecule has 1 fully saturated rings. The van der Waals surface area contributed by atoms with Gasteiger partial charge in [-0.15, -0.1) is 0 Å². The second-order valence-corrected chi connectivity index (χ2v) is 5.05. The van der Waals surface area contributed by atoms with E-state index in [2.05, 4.69) is 21.2 Å². The summed E-state index contributed by atoms with van der Waals surface area (Å²) in [5.74, 6) is 0.773. The quantitative estimate of drug-likeness (QED) is 0.837. The fraction of sp³-hybridized carbons (Fsp3) is 0.500. The normalized spacial score (nSPS) is 16.4. The Kier molecular flexibility index (Phi) is 3.59. The Labute approximate surface area is 104 Å². The highest BCUT2D eigenvalue weighted by molar-refractivity contribution is 9.10.